The van der Waals surface area contributed by atoms with E-state index in [1.165, 1.54) is 9.47 Å². The Balaban J connectivity index is 1.02. The molecule has 3 aromatic heterocycles. The molecular formula is C36H43FN8O4. The maximum Gasteiger partial charge on any atom is 0.274 e. The van der Waals surface area contributed by atoms with Gasteiger partial charge in [0.2, 0.25) is 0 Å². The Morgan fingerprint density at radius 1 is 1.08 bits per heavy atom. The monoisotopic (exact) mass is 670 g/mol. The number of aromatic nitrogens is 3. The summed E-state index contributed by atoms with van der Waals surface area (Å²) in [6.45, 7) is 6.37. The molecule has 2 N–H and O–H groups in total. The lowest BCUT2D eigenvalue weighted by Crippen LogP contribution is -2.59. The van der Waals surface area contributed by atoms with Crippen molar-refractivity contribution >= 4 is 28.9 Å². The average Bonchev–Trinajstić information content (AvgIpc) is 3.45. The van der Waals surface area contributed by atoms with Gasteiger partial charge in [0.1, 0.15) is 29.5 Å². The number of rotatable bonds is 7. The van der Waals surface area contributed by atoms with Crippen LogP contribution < -0.4 is 20.7 Å². The summed E-state index contributed by atoms with van der Waals surface area (Å²) < 4.78 is 21.1. The summed E-state index contributed by atoms with van der Waals surface area (Å²) in [6.07, 6.45) is 10.3. The molecule has 4 unspecified atom stereocenters. The van der Waals surface area contributed by atoms with Crippen molar-refractivity contribution in [2.75, 3.05) is 48.0 Å². The topological polar surface area (TPSA) is 119 Å². The Morgan fingerprint density at radius 2 is 1.94 bits per heavy atom. The highest BCUT2D eigenvalue weighted by molar-refractivity contribution is 6.00. The maximum absolute atomic E-state index is 14.2. The SMILES string of the molecule is C[C@H]1CN(C2COC2)CCN1c1ccc(Nc2cc(-c3ccnc(N4C=CN5C(CC6CC(F)CCC65)C4=O)c3CO)cn(C)c2=O)nc1. The molecule has 8 rings (SSSR count). The molecule has 1 amide bonds. The fourth-order valence-corrected chi connectivity index (χ4v) is 8.44. The number of aliphatic hydroxyl groups excluding tert-OH is 1. The minimum absolute atomic E-state index is 0.131. The number of anilines is 4. The largest absolute Gasteiger partial charge is 0.392 e. The molecule has 3 aromatic rings. The minimum Gasteiger partial charge on any atom is -0.392 e. The Kier molecular flexibility index (Phi) is 8.37. The molecule has 4 aliphatic heterocycles. The highest BCUT2D eigenvalue weighted by atomic mass is 19.1. The van der Waals surface area contributed by atoms with E-state index in [1.54, 1.807) is 37.8 Å². The maximum atomic E-state index is 14.2. The number of hydrogen-bond donors (Lipinski definition) is 2. The number of amides is 1. The average molecular weight is 671 g/mol. The molecule has 12 nitrogen and oxygen atoms in total. The van der Waals surface area contributed by atoms with Gasteiger partial charge in [-0.2, -0.15) is 0 Å². The first-order valence-electron chi connectivity index (χ1n) is 17.3. The van der Waals surface area contributed by atoms with E-state index < -0.39 is 6.17 Å². The lowest BCUT2D eigenvalue weighted by Gasteiger charge is -2.46. The summed E-state index contributed by atoms with van der Waals surface area (Å²) >= 11 is 0. The lowest BCUT2D eigenvalue weighted by molar-refractivity contribution is -0.122. The minimum atomic E-state index is -0.809. The molecule has 13 heteroatoms. The van der Waals surface area contributed by atoms with Gasteiger partial charge >= 0.3 is 0 Å². The fourth-order valence-electron chi connectivity index (χ4n) is 8.44. The molecule has 4 fully saturated rings. The molecule has 0 aromatic carbocycles. The number of carbonyl (C=O) groups excluding carboxylic acids is 1. The Labute approximate surface area is 284 Å². The van der Waals surface area contributed by atoms with Gasteiger partial charge in [0.05, 0.1) is 37.7 Å². The van der Waals surface area contributed by atoms with Gasteiger partial charge in [-0.25, -0.2) is 14.4 Å². The second-order valence-electron chi connectivity index (χ2n) is 14.1. The van der Waals surface area contributed by atoms with E-state index in [-0.39, 0.29) is 36.1 Å². The first kappa shape index (κ1) is 31.9. The predicted octanol–water partition coefficient (Wildman–Crippen LogP) is 3.39. The molecule has 0 spiro atoms. The number of hydrogen-bond acceptors (Lipinski definition) is 10. The number of nitrogens with zero attached hydrogens (tertiary/aromatic N) is 7. The first-order chi connectivity index (χ1) is 23.8. The van der Waals surface area contributed by atoms with Crippen molar-refractivity contribution in [1.29, 1.82) is 0 Å². The van der Waals surface area contributed by atoms with Crippen LogP contribution >= 0.6 is 0 Å². The van der Waals surface area contributed by atoms with Gasteiger partial charge in [0, 0.05) is 74.7 Å². The Bertz CT molecular complexity index is 1810. The summed E-state index contributed by atoms with van der Waals surface area (Å²) in [6, 6.07) is 8.09. The zero-order valence-electron chi connectivity index (χ0n) is 27.9. The summed E-state index contributed by atoms with van der Waals surface area (Å²) in [5, 5.41) is 13.8. The van der Waals surface area contributed by atoms with Crippen LogP contribution in [0.2, 0.25) is 0 Å². The van der Waals surface area contributed by atoms with Crippen LogP contribution in [0.5, 0.6) is 0 Å². The predicted molar refractivity (Wildman–Crippen MR) is 184 cm³/mol. The lowest BCUT2D eigenvalue weighted by atomic mass is 9.83. The molecule has 0 radical (unpaired) electrons. The van der Waals surface area contributed by atoms with E-state index >= 15 is 0 Å². The van der Waals surface area contributed by atoms with Crippen molar-refractivity contribution in [3.8, 4) is 11.1 Å². The van der Waals surface area contributed by atoms with Crippen LogP contribution in [-0.2, 0) is 23.2 Å². The van der Waals surface area contributed by atoms with Crippen LogP contribution in [0.25, 0.3) is 11.1 Å². The third-order valence-corrected chi connectivity index (χ3v) is 11.1. The fraction of sp³-hybridized carbons (Fsp3) is 0.500. The third-order valence-electron chi connectivity index (χ3n) is 11.1. The number of carbonyl (C=O) groups is 1. The van der Waals surface area contributed by atoms with Gasteiger partial charge in [0.15, 0.2) is 0 Å². The number of fused-ring (bicyclic) bond motifs is 3. The standard InChI is InChI=1S/C36H43FN8O4/c1-22-17-42(27-20-49-21-27)9-10-43(22)26-4-6-33(39-16-26)40-30-14-24(18-41(2)35(30)47)28-7-8-38-34(29(28)19-46)45-12-11-44-31-5-3-25(37)13-23(31)15-32(44)36(45)48/h4,6-8,11-12,14,16,18,22-23,25,27,31-32,46H,3,5,9-10,13,15,17,19-21H2,1-2H3,(H,39,40)/t22-,23?,25?,31?,32?/m0/s1. The highest BCUT2D eigenvalue weighted by Gasteiger charge is 2.48. The highest BCUT2D eigenvalue weighted by Crippen LogP contribution is 2.43. The van der Waals surface area contributed by atoms with Crippen molar-refractivity contribution in [2.24, 2.45) is 13.0 Å². The van der Waals surface area contributed by atoms with Gasteiger partial charge < -0.3 is 29.5 Å². The van der Waals surface area contributed by atoms with E-state index in [4.69, 9.17) is 4.74 Å². The van der Waals surface area contributed by atoms with Crippen LogP contribution in [0.15, 0.2) is 60.1 Å². The summed E-state index contributed by atoms with van der Waals surface area (Å²) in [5.41, 5.74) is 2.93. The second-order valence-corrected chi connectivity index (χ2v) is 14.1. The van der Waals surface area contributed by atoms with Gasteiger partial charge in [-0.3, -0.25) is 19.4 Å². The molecule has 0 bridgehead atoms. The molecule has 49 heavy (non-hydrogen) atoms. The molecule has 7 heterocycles. The molecule has 1 saturated carbocycles. The quantitative estimate of drug-likeness (QED) is 0.387. The van der Waals surface area contributed by atoms with Gasteiger partial charge in [-0.15, -0.1) is 0 Å². The first-order valence-corrected chi connectivity index (χ1v) is 17.3. The molecule has 5 aliphatic rings. The van der Waals surface area contributed by atoms with Crippen LogP contribution in [0, 0.1) is 5.92 Å². The number of halogens is 1. The zero-order valence-corrected chi connectivity index (χ0v) is 27.9. The number of pyridine rings is 3. The number of ether oxygens (including phenoxy) is 1. The molecular weight excluding hydrogens is 627 g/mol. The zero-order chi connectivity index (χ0) is 33.8. The van der Waals surface area contributed by atoms with Crippen molar-refractivity contribution in [2.45, 2.75) is 69.6 Å². The Morgan fingerprint density at radius 3 is 2.67 bits per heavy atom. The number of piperazine rings is 1. The Hall–Kier alpha value is -4.33. The number of aryl methyl sites for hydroxylation is 1. The summed E-state index contributed by atoms with van der Waals surface area (Å²) in [4.78, 5) is 44.8. The smallest absolute Gasteiger partial charge is 0.274 e. The van der Waals surface area contributed by atoms with Gasteiger partial charge in [-0.1, -0.05) is 0 Å². The van der Waals surface area contributed by atoms with Crippen molar-refractivity contribution in [1.82, 2.24) is 24.3 Å². The van der Waals surface area contributed by atoms with Gasteiger partial charge in [-0.05, 0) is 68.4 Å². The summed E-state index contributed by atoms with van der Waals surface area (Å²) in [5.74, 6) is 0.899. The van der Waals surface area contributed by atoms with Crippen molar-refractivity contribution < 1.29 is 19.0 Å². The van der Waals surface area contributed by atoms with E-state index in [0.717, 1.165) is 45.0 Å². The van der Waals surface area contributed by atoms with Crippen LogP contribution in [0.3, 0.4) is 0 Å². The van der Waals surface area contributed by atoms with Crippen molar-refractivity contribution in [3.63, 3.8) is 0 Å². The molecule has 3 saturated heterocycles. The van der Waals surface area contributed by atoms with Crippen molar-refractivity contribution in [3.05, 3.63) is 71.2 Å². The molecule has 1 aliphatic carbocycles. The van der Waals surface area contributed by atoms with Gasteiger partial charge in [0.25, 0.3) is 11.5 Å². The van der Waals surface area contributed by atoms with Crippen LogP contribution in [-0.4, -0.2) is 98.5 Å². The van der Waals surface area contributed by atoms with E-state index in [9.17, 15) is 19.1 Å². The number of nitrogens with one attached hydrogen (secondary N) is 1. The number of alkyl halides is 1. The van der Waals surface area contributed by atoms with Crippen LogP contribution in [0.4, 0.5) is 27.4 Å². The van der Waals surface area contributed by atoms with E-state index in [2.05, 4.69) is 36.9 Å². The molecule has 258 valence electrons. The van der Waals surface area contributed by atoms with Crippen LogP contribution in [0.1, 0.15) is 38.2 Å². The normalized spacial score (nSPS) is 27.2. The second kappa shape index (κ2) is 12.8. The third kappa shape index (κ3) is 5.77. The summed E-state index contributed by atoms with van der Waals surface area (Å²) in [7, 11) is 1.68. The van der Waals surface area contributed by atoms with E-state index in [0.29, 0.717) is 65.4 Å². The van der Waals surface area contributed by atoms with E-state index in [1.807, 2.05) is 24.5 Å². The number of aliphatic hydroxyl groups is 1. The molecule has 5 atom stereocenters.